The lowest BCUT2D eigenvalue weighted by Crippen LogP contribution is -2.43. The van der Waals surface area contributed by atoms with E-state index in [0.29, 0.717) is 12.8 Å². The molecule has 0 aromatic carbocycles. The topological polar surface area (TPSA) is 169 Å². The van der Waals surface area contributed by atoms with Gasteiger partial charge < -0.3 is 25.2 Å². The standard InChI is InChI=1S/C48H88NO10P/c1-3-5-7-9-11-13-15-17-19-21-22-24-26-28-30-32-34-36-38-40-47(52)57-41-44(50)42-58-60(55,56)59-43-45(48(53)54)49-46(51)39-37-35-33-31-29-27-25-23-20-18-16-14-12-10-8-6-4-2/h11,13,17-20,44-45,50H,3-10,12,14-16,21-43H2,1-2H3,(H,49,51)(H,53,54)(H,55,56)/b13-11-,19-17-,20-18-. The van der Waals surface area contributed by atoms with Crippen molar-refractivity contribution >= 4 is 25.7 Å². The molecule has 0 aliphatic carbocycles. The van der Waals surface area contributed by atoms with Gasteiger partial charge in [0.1, 0.15) is 12.7 Å². The van der Waals surface area contributed by atoms with Crippen LogP contribution in [0, 0.1) is 0 Å². The summed E-state index contributed by atoms with van der Waals surface area (Å²) in [5, 5.41) is 21.9. The number of aliphatic hydroxyl groups is 1. The van der Waals surface area contributed by atoms with Crippen LogP contribution >= 0.6 is 7.82 Å². The van der Waals surface area contributed by atoms with Crippen LogP contribution in [0.4, 0.5) is 0 Å². The van der Waals surface area contributed by atoms with Crippen LogP contribution in [0.1, 0.15) is 219 Å². The number of allylic oxidation sites excluding steroid dienone is 6. The van der Waals surface area contributed by atoms with E-state index in [0.717, 1.165) is 64.2 Å². The van der Waals surface area contributed by atoms with Gasteiger partial charge in [-0.25, -0.2) is 9.36 Å². The Morgan fingerprint density at radius 2 is 0.917 bits per heavy atom. The lowest BCUT2D eigenvalue weighted by atomic mass is 10.1. The van der Waals surface area contributed by atoms with E-state index in [1.54, 1.807) is 0 Å². The molecule has 0 rings (SSSR count). The maximum atomic E-state index is 12.3. The number of carboxylic acids is 1. The summed E-state index contributed by atoms with van der Waals surface area (Å²) in [5.41, 5.74) is 0. The van der Waals surface area contributed by atoms with Gasteiger partial charge in [0.05, 0.1) is 13.2 Å². The predicted octanol–water partition coefficient (Wildman–Crippen LogP) is 12.8. The van der Waals surface area contributed by atoms with Gasteiger partial charge in [-0.2, -0.15) is 0 Å². The zero-order valence-corrected chi connectivity index (χ0v) is 38.9. The molecule has 0 aromatic rings. The fourth-order valence-corrected chi connectivity index (χ4v) is 7.41. The van der Waals surface area contributed by atoms with Crippen LogP contribution in [0.3, 0.4) is 0 Å². The average molecular weight is 870 g/mol. The molecule has 0 aliphatic rings. The molecule has 0 saturated carbocycles. The molecule has 0 saturated heterocycles. The lowest BCUT2D eigenvalue weighted by molar-refractivity contribution is -0.147. The summed E-state index contributed by atoms with van der Waals surface area (Å²) in [6.45, 7) is 2.58. The van der Waals surface area contributed by atoms with Crippen molar-refractivity contribution < 1.29 is 47.8 Å². The first-order chi connectivity index (χ1) is 29.1. The Morgan fingerprint density at radius 3 is 1.40 bits per heavy atom. The summed E-state index contributed by atoms with van der Waals surface area (Å²) in [6.07, 6.45) is 47.3. The Morgan fingerprint density at radius 1 is 0.533 bits per heavy atom. The first kappa shape index (κ1) is 57.7. The van der Waals surface area contributed by atoms with Gasteiger partial charge in [0.15, 0.2) is 6.04 Å². The van der Waals surface area contributed by atoms with Crippen molar-refractivity contribution in [2.75, 3.05) is 19.8 Å². The molecular formula is C48H88NO10P. The molecule has 60 heavy (non-hydrogen) atoms. The van der Waals surface area contributed by atoms with Gasteiger partial charge in [0, 0.05) is 12.8 Å². The van der Waals surface area contributed by atoms with Gasteiger partial charge in [-0.15, -0.1) is 0 Å². The number of ether oxygens (including phenoxy) is 1. The molecule has 350 valence electrons. The largest absolute Gasteiger partial charge is 0.480 e. The minimum Gasteiger partial charge on any atom is -0.480 e. The van der Waals surface area contributed by atoms with Gasteiger partial charge in [-0.1, -0.05) is 172 Å². The molecule has 0 spiro atoms. The van der Waals surface area contributed by atoms with Gasteiger partial charge in [-0.3, -0.25) is 18.6 Å². The number of esters is 1. The first-order valence-electron chi connectivity index (χ1n) is 24.0. The third kappa shape index (κ3) is 42.4. The molecule has 0 bridgehead atoms. The average Bonchev–Trinajstić information content (AvgIpc) is 3.22. The number of hydrogen-bond donors (Lipinski definition) is 4. The molecule has 0 aliphatic heterocycles. The van der Waals surface area contributed by atoms with E-state index in [1.165, 1.54) is 116 Å². The first-order valence-corrected chi connectivity index (χ1v) is 25.5. The predicted molar refractivity (Wildman–Crippen MR) is 245 cm³/mol. The number of nitrogens with one attached hydrogen (secondary N) is 1. The van der Waals surface area contributed by atoms with E-state index >= 15 is 0 Å². The Labute approximate surface area is 365 Å². The van der Waals surface area contributed by atoms with Crippen LogP contribution in [0.2, 0.25) is 0 Å². The molecule has 11 nitrogen and oxygen atoms in total. The molecule has 1 amide bonds. The molecule has 0 heterocycles. The lowest BCUT2D eigenvalue weighted by Gasteiger charge is -2.18. The van der Waals surface area contributed by atoms with Gasteiger partial charge >= 0.3 is 19.8 Å². The number of rotatable bonds is 45. The minimum absolute atomic E-state index is 0.141. The summed E-state index contributed by atoms with van der Waals surface area (Å²) < 4.78 is 26.9. The van der Waals surface area contributed by atoms with E-state index in [2.05, 4.69) is 55.6 Å². The number of carboxylic acid groups (broad SMARTS) is 1. The van der Waals surface area contributed by atoms with Crippen molar-refractivity contribution in [2.45, 2.75) is 231 Å². The van der Waals surface area contributed by atoms with Crippen molar-refractivity contribution in [3.8, 4) is 0 Å². The molecule has 3 atom stereocenters. The highest BCUT2D eigenvalue weighted by Crippen LogP contribution is 2.43. The number of amides is 1. The third-order valence-corrected chi connectivity index (χ3v) is 11.4. The van der Waals surface area contributed by atoms with E-state index in [4.69, 9.17) is 13.8 Å². The summed E-state index contributed by atoms with van der Waals surface area (Å²) in [4.78, 5) is 46.0. The number of phosphoric ester groups is 1. The number of aliphatic carboxylic acids is 1. The highest BCUT2D eigenvalue weighted by atomic mass is 31.2. The summed E-state index contributed by atoms with van der Waals surface area (Å²) >= 11 is 0. The second kappa shape index (κ2) is 43.4. The molecule has 3 unspecified atom stereocenters. The van der Waals surface area contributed by atoms with Gasteiger partial charge in [-0.05, 0) is 70.6 Å². The van der Waals surface area contributed by atoms with Crippen LogP contribution in [0.15, 0.2) is 36.5 Å². The van der Waals surface area contributed by atoms with Crippen molar-refractivity contribution in [1.82, 2.24) is 5.32 Å². The Bertz CT molecular complexity index is 1160. The second-order valence-corrected chi connectivity index (χ2v) is 17.7. The van der Waals surface area contributed by atoms with E-state index in [9.17, 15) is 34.1 Å². The Balaban J connectivity index is 3.86. The fraction of sp³-hybridized carbons (Fsp3) is 0.812. The molecule has 0 radical (unpaired) electrons. The third-order valence-electron chi connectivity index (χ3n) is 10.4. The summed E-state index contributed by atoms with van der Waals surface area (Å²) in [6, 6.07) is -1.55. The highest BCUT2D eigenvalue weighted by Gasteiger charge is 2.28. The van der Waals surface area contributed by atoms with Crippen LogP contribution in [0.25, 0.3) is 0 Å². The smallest absolute Gasteiger partial charge is 0.472 e. The molecule has 4 N–H and O–H groups in total. The zero-order chi connectivity index (χ0) is 44.2. The number of phosphoric acid groups is 1. The Hall–Kier alpha value is -2.30. The van der Waals surface area contributed by atoms with Crippen LogP contribution in [-0.2, 0) is 32.7 Å². The van der Waals surface area contributed by atoms with E-state index in [1.807, 2.05) is 0 Å². The van der Waals surface area contributed by atoms with Crippen molar-refractivity contribution in [2.24, 2.45) is 0 Å². The SMILES string of the molecule is CCCCC/C=C\C/C=C\CCCCCCCCCCCC(=O)OCC(O)COP(=O)(O)OCC(NC(=O)CCCCCCCCC/C=C\CCCCCCCC)C(=O)O. The maximum Gasteiger partial charge on any atom is 0.472 e. The number of hydrogen-bond acceptors (Lipinski definition) is 8. The number of unbranched alkanes of at least 4 members (excludes halogenated alkanes) is 25. The monoisotopic (exact) mass is 870 g/mol. The fourth-order valence-electron chi connectivity index (χ4n) is 6.63. The molecular weight excluding hydrogens is 781 g/mol. The molecule has 12 heteroatoms. The van der Waals surface area contributed by atoms with E-state index in [-0.39, 0.29) is 12.8 Å². The van der Waals surface area contributed by atoms with Crippen molar-refractivity contribution in [3.63, 3.8) is 0 Å². The van der Waals surface area contributed by atoms with Crippen LogP contribution in [0.5, 0.6) is 0 Å². The van der Waals surface area contributed by atoms with Crippen LogP contribution < -0.4 is 5.32 Å². The van der Waals surface area contributed by atoms with Crippen molar-refractivity contribution in [3.05, 3.63) is 36.5 Å². The second-order valence-electron chi connectivity index (χ2n) is 16.3. The Kier molecular flexibility index (Phi) is 41.7. The van der Waals surface area contributed by atoms with Gasteiger partial charge in [0.2, 0.25) is 5.91 Å². The highest BCUT2D eigenvalue weighted by molar-refractivity contribution is 7.47. The van der Waals surface area contributed by atoms with Gasteiger partial charge in [0.25, 0.3) is 0 Å². The maximum absolute atomic E-state index is 12.3. The minimum atomic E-state index is -4.76. The number of carbonyl (C=O) groups is 3. The van der Waals surface area contributed by atoms with Crippen LogP contribution in [-0.4, -0.2) is 64.9 Å². The quantitative estimate of drug-likeness (QED) is 0.0200. The van der Waals surface area contributed by atoms with Crippen molar-refractivity contribution in [1.29, 1.82) is 0 Å². The number of carbonyl (C=O) groups excluding carboxylic acids is 2. The van der Waals surface area contributed by atoms with E-state index < -0.39 is 57.6 Å². The zero-order valence-electron chi connectivity index (χ0n) is 38.0. The number of aliphatic hydroxyl groups excluding tert-OH is 1. The molecule has 0 aromatic heterocycles. The molecule has 0 fully saturated rings. The summed E-state index contributed by atoms with van der Waals surface area (Å²) in [7, 11) is -4.76. The summed E-state index contributed by atoms with van der Waals surface area (Å²) in [5.74, 6) is -2.38. The normalized spacial score (nSPS) is 13.9.